The number of carbonyl (C=O) groups excluding carboxylic acids is 3. The maximum Gasteiger partial charge on any atom is 0.409 e. The van der Waals surface area contributed by atoms with E-state index in [1.165, 1.54) is 48.3 Å². The number of thioether (sulfide) groups is 1. The predicted molar refractivity (Wildman–Crippen MR) is 119 cm³/mol. The molecule has 176 valence electrons. The highest BCUT2D eigenvalue weighted by molar-refractivity contribution is 8.00. The van der Waals surface area contributed by atoms with Gasteiger partial charge in [-0.15, -0.1) is 23.1 Å². The number of amides is 3. The first kappa shape index (κ1) is 24.1. The molecule has 15 heteroatoms. The summed E-state index contributed by atoms with van der Waals surface area (Å²) in [6.07, 6.45) is 2.42. The molecule has 2 aliphatic rings. The molecule has 1 fully saturated rings. The van der Waals surface area contributed by atoms with Crippen LogP contribution in [0.2, 0.25) is 0 Å². The second-order valence-corrected chi connectivity index (χ2v) is 8.93. The van der Waals surface area contributed by atoms with Crippen LogP contribution in [0.3, 0.4) is 0 Å². The van der Waals surface area contributed by atoms with Crippen molar-refractivity contribution < 1.29 is 34.2 Å². The van der Waals surface area contributed by atoms with Crippen LogP contribution in [0, 0.1) is 0 Å². The molecule has 13 nitrogen and oxygen atoms in total. The fraction of sp³-hybridized carbons (Fsp3) is 0.333. The number of nitrogens with zero attached hydrogens (tertiary/aromatic N) is 4. The molecule has 3 amide bonds. The van der Waals surface area contributed by atoms with Crippen molar-refractivity contribution in [2.75, 3.05) is 32.2 Å². The Labute approximate surface area is 195 Å². The number of carboxylic acids is 1. The van der Waals surface area contributed by atoms with Gasteiger partial charge in [0.25, 0.3) is 11.8 Å². The van der Waals surface area contributed by atoms with E-state index >= 15 is 0 Å². The second kappa shape index (κ2) is 9.91. The minimum atomic E-state index is -1.31. The number of nitrogens with two attached hydrogens (primary N) is 1. The summed E-state index contributed by atoms with van der Waals surface area (Å²) in [4.78, 5) is 54.7. The Morgan fingerprint density at radius 1 is 1.45 bits per heavy atom. The number of carbonyl (C=O) groups is 4. The topological polar surface area (TPSA) is 188 Å². The zero-order chi connectivity index (χ0) is 24.3. The maximum absolute atomic E-state index is 12.7. The van der Waals surface area contributed by atoms with Crippen LogP contribution < -0.4 is 11.1 Å². The Balaban J connectivity index is 1.71. The number of oxime groups is 1. The summed E-state index contributed by atoms with van der Waals surface area (Å²) < 4.78 is 4.96. The minimum absolute atomic E-state index is 0.0472. The van der Waals surface area contributed by atoms with E-state index in [1.807, 2.05) is 0 Å². The van der Waals surface area contributed by atoms with E-state index in [9.17, 15) is 29.5 Å². The molecule has 3 rings (SSSR count). The molecule has 1 saturated heterocycles. The van der Waals surface area contributed by atoms with E-state index in [0.717, 1.165) is 16.2 Å². The molecule has 2 atom stereocenters. The van der Waals surface area contributed by atoms with Gasteiger partial charge < -0.3 is 31.0 Å². The molecule has 2 aliphatic heterocycles. The third-order valence-electron chi connectivity index (χ3n) is 4.55. The number of aliphatic carboxylic acids is 1. The fourth-order valence-corrected chi connectivity index (χ4v) is 4.90. The average molecular weight is 497 g/mol. The summed E-state index contributed by atoms with van der Waals surface area (Å²) in [6, 6.07) is -1.02. The summed E-state index contributed by atoms with van der Waals surface area (Å²) in [5.74, 6) is -2.54. The summed E-state index contributed by atoms with van der Waals surface area (Å²) in [6.45, 7) is -0.0709. The van der Waals surface area contributed by atoms with Crippen LogP contribution in [0.15, 0.2) is 34.0 Å². The van der Waals surface area contributed by atoms with Crippen molar-refractivity contribution in [1.82, 2.24) is 20.1 Å². The highest BCUT2D eigenvalue weighted by Gasteiger charge is 2.54. The lowest BCUT2D eigenvalue weighted by Crippen LogP contribution is -2.71. The molecule has 1 aromatic rings. The Kier molecular flexibility index (Phi) is 7.23. The fourth-order valence-electron chi connectivity index (χ4n) is 3.03. The van der Waals surface area contributed by atoms with Crippen molar-refractivity contribution in [3.63, 3.8) is 0 Å². The van der Waals surface area contributed by atoms with Gasteiger partial charge in [0.1, 0.15) is 29.4 Å². The standard InChI is InChI=1S/C18H20N6O7S2/c1-23(2)18(29)31-5-3-4-8-6-32-15-11(14(26)24(15)12(8)16(27)28)21-13(25)10(22-30)9-7-33-17(19)20-9/h3-4,7,11,15,30H,5-6H2,1-2H3,(H2,19,20)(H,21,25)(H,27,28)/b4-3-,22-10-/t11?,15-/m0/s1. The quantitative estimate of drug-likeness (QED) is 0.172. The molecule has 0 radical (unpaired) electrons. The van der Waals surface area contributed by atoms with Crippen molar-refractivity contribution in [3.8, 4) is 0 Å². The van der Waals surface area contributed by atoms with Crippen molar-refractivity contribution in [2.45, 2.75) is 11.4 Å². The number of β-lactam (4-membered cyclic amide) rings is 1. The first-order valence-corrected chi connectivity index (χ1v) is 11.2. The number of allylic oxidation sites excluding steroid dienone is 1. The van der Waals surface area contributed by atoms with Crippen molar-refractivity contribution >= 4 is 57.8 Å². The van der Waals surface area contributed by atoms with Crippen LogP contribution >= 0.6 is 23.1 Å². The van der Waals surface area contributed by atoms with Gasteiger partial charge in [-0.25, -0.2) is 14.6 Å². The number of hydrogen-bond donors (Lipinski definition) is 4. The van der Waals surface area contributed by atoms with E-state index in [4.69, 9.17) is 10.5 Å². The molecular formula is C18H20N6O7S2. The first-order chi connectivity index (χ1) is 15.6. The molecule has 3 heterocycles. The highest BCUT2D eigenvalue weighted by atomic mass is 32.2. The number of aromatic nitrogens is 1. The van der Waals surface area contributed by atoms with E-state index in [1.54, 1.807) is 0 Å². The SMILES string of the molecule is CN(C)C(=O)OC/C=C\C1=C(C(=O)O)N2C(=O)C(NC(=O)/C(=N\O)c3csc(N)n3)[C@@H]2SC1. The molecule has 0 saturated carbocycles. The third kappa shape index (κ3) is 4.93. The number of anilines is 1. The lowest BCUT2D eigenvalue weighted by atomic mass is 10.0. The van der Waals surface area contributed by atoms with Crippen LogP contribution in [0.4, 0.5) is 9.93 Å². The lowest BCUT2D eigenvalue weighted by Gasteiger charge is -2.49. The number of nitrogens with one attached hydrogen (secondary N) is 1. The van der Waals surface area contributed by atoms with Gasteiger partial charge in [-0.05, 0) is 11.6 Å². The minimum Gasteiger partial charge on any atom is -0.477 e. The normalized spacial score (nSPS) is 20.4. The van der Waals surface area contributed by atoms with Gasteiger partial charge in [0.2, 0.25) is 0 Å². The number of fused-ring (bicyclic) bond motifs is 1. The monoisotopic (exact) mass is 496 g/mol. The van der Waals surface area contributed by atoms with Gasteiger partial charge in [-0.1, -0.05) is 11.2 Å². The van der Waals surface area contributed by atoms with Crippen molar-refractivity contribution in [1.29, 1.82) is 0 Å². The van der Waals surface area contributed by atoms with Gasteiger partial charge in [0.05, 0.1) is 0 Å². The Morgan fingerprint density at radius 2 is 2.18 bits per heavy atom. The summed E-state index contributed by atoms with van der Waals surface area (Å²) in [5.41, 5.74) is 5.30. The number of nitrogen functional groups attached to an aromatic ring is 1. The smallest absolute Gasteiger partial charge is 0.409 e. The molecule has 0 bridgehead atoms. The molecule has 33 heavy (non-hydrogen) atoms. The average Bonchev–Trinajstić information content (AvgIpc) is 3.20. The molecular weight excluding hydrogens is 476 g/mol. The predicted octanol–water partition coefficient (Wildman–Crippen LogP) is -0.103. The number of ether oxygens (including phenoxy) is 1. The Bertz CT molecular complexity index is 1080. The van der Waals surface area contributed by atoms with Crippen LogP contribution in [-0.4, -0.2) is 92.6 Å². The summed E-state index contributed by atoms with van der Waals surface area (Å²) >= 11 is 2.30. The van der Waals surface area contributed by atoms with Crippen molar-refractivity contribution in [3.05, 3.63) is 34.5 Å². The van der Waals surface area contributed by atoms with Crippen LogP contribution in [0.5, 0.6) is 0 Å². The largest absolute Gasteiger partial charge is 0.477 e. The van der Waals surface area contributed by atoms with E-state index in [-0.39, 0.29) is 28.9 Å². The zero-order valence-electron chi connectivity index (χ0n) is 17.4. The summed E-state index contributed by atoms with van der Waals surface area (Å²) in [7, 11) is 3.06. The zero-order valence-corrected chi connectivity index (χ0v) is 19.1. The van der Waals surface area contributed by atoms with E-state index < -0.39 is 41.0 Å². The van der Waals surface area contributed by atoms with Crippen LogP contribution in [-0.2, 0) is 19.1 Å². The molecule has 0 aromatic carbocycles. The maximum atomic E-state index is 12.7. The number of thiazole rings is 1. The Morgan fingerprint density at radius 3 is 2.76 bits per heavy atom. The van der Waals surface area contributed by atoms with E-state index in [2.05, 4.69) is 15.5 Å². The van der Waals surface area contributed by atoms with Crippen molar-refractivity contribution in [2.24, 2.45) is 5.16 Å². The second-order valence-electron chi connectivity index (χ2n) is 6.93. The lowest BCUT2D eigenvalue weighted by molar-refractivity contribution is -0.150. The number of rotatable bonds is 7. The molecule has 5 N–H and O–H groups in total. The van der Waals surface area contributed by atoms with Gasteiger partial charge in [0, 0.05) is 25.2 Å². The molecule has 0 spiro atoms. The summed E-state index contributed by atoms with van der Waals surface area (Å²) in [5, 5.41) is 25.2. The number of hydrogen-bond acceptors (Lipinski definition) is 11. The highest BCUT2D eigenvalue weighted by Crippen LogP contribution is 2.40. The van der Waals surface area contributed by atoms with Gasteiger partial charge >= 0.3 is 12.1 Å². The molecule has 1 unspecified atom stereocenters. The first-order valence-electron chi connectivity index (χ1n) is 9.31. The van der Waals surface area contributed by atoms with E-state index in [0.29, 0.717) is 5.57 Å². The molecule has 0 aliphatic carbocycles. The third-order valence-corrected chi connectivity index (χ3v) is 6.53. The Hall–Kier alpha value is -3.59. The number of carboxylic acid groups (broad SMARTS) is 1. The van der Waals surface area contributed by atoms with Gasteiger partial charge in [-0.3, -0.25) is 14.5 Å². The molecule has 1 aromatic heterocycles. The van der Waals surface area contributed by atoms with Gasteiger partial charge in [-0.2, -0.15) is 0 Å². The van der Waals surface area contributed by atoms with Gasteiger partial charge in [0.15, 0.2) is 10.8 Å². The van der Waals surface area contributed by atoms with Crippen LogP contribution in [0.25, 0.3) is 0 Å². The van der Waals surface area contributed by atoms with Crippen LogP contribution in [0.1, 0.15) is 5.69 Å².